The molecule has 14 heteroatoms. The summed E-state index contributed by atoms with van der Waals surface area (Å²) in [5.74, 6) is 0.181. The largest absolute Gasteiger partial charge is 0.465 e. The highest BCUT2D eigenvalue weighted by atomic mass is 19.4. The Kier molecular flexibility index (Phi) is 6.59. The van der Waals surface area contributed by atoms with Gasteiger partial charge in [0.05, 0.1) is 21.9 Å². The Morgan fingerprint density at radius 1 is 1.24 bits per heavy atom. The molecule has 4 rings (SSSR count). The number of carbonyl (C=O) groups is 1. The molecule has 3 heterocycles. The number of halogens is 3. The number of amides is 1. The van der Waals surface area contributed by atoms with E-state index < -0.39 is 40.0 Å². The molecule has 37 heavy (non-hydrogen) atoms. The van der Waals surface area contributed by atoms with E-state index in [0.29, 0.717) is 30.0 Å². The lowest BCUT2D eigenvalue weighted by Crippen LogP contribution is -2.35. The highest BCUT2D eigenvalue weighted by Crippen LogP contribution is 2.35. The molecule has 194 valence electrons. The molecule has 1 aromatic carbocycles. The van der Waals surface area contributed by atoms with Crippen LogP contribution in [0.15, 0.2) is 41.5 Å². The van der Waals surface area contributed by atoms with Gasteiger partial charge in [0.2, 0.25) is 0 Å². The van der Waals surface area contributed by atoms with E-state index in [0.717, 1.165) is 12.1 Å². The number of non-ortho nitro benzene ring substituents is 1. The Hall–Kier alpha value is -4.49. The topological polar surface area (TPSA) is 143 Å². The van der Waals surface area contributed by atoms with E-state index >= 15 is 0 Å². The number of benzene rings is 1. The first kappa shape index (κ1) is 25.6. The number of hydrogen-bond acceptors (Lipinski definition) is 7. The Morgan fingerprint density at radius 2 is 1.97 bits per heavy atom. The molecule has 2 aromatic heterocycles. The summed E-state index contributed by atoms with van der Waals surface area (Å²) < 4.78 is 41.3. The van der Waals surface area contributed by atoms with Crippen LogP contribution in [0.5, 0.6) is 0 Å². The fourth-order valence-electron chi connectivity index (χ4n) is 4.16. The lowest BCUT2D eigenvalue weighted by Gasteiger charge is -2.25. The summed E-state index contributed by atoms with van der Waals surface area (Å²) in [7, 11) is 1.49. The molecule has 11 nitrogen and oxygen atoms in total. The summed E-state index contributed by atoms with van der Waals surface area (Å²) in [6, 6.07) is 3.00. The second-order valence-corrected chi connectivity index (χ2v) is 8.54. The SMILES string of the molecule is C[C@@H](Nc1ncnc2c1cc(C1=CCCN(C(=O)O)C1)c(=O)n2C)c1cc([N+](=O)[O-])cc(C(F)(F)F)c1. The average molecular weight is 518 g/mol. The van der Waals surface area contributed by atoms with Crippen LogP contribution in [0.1, 0.15) is 36.1 Å². The van der Waals surface area contributed by atoms with Crippen molar-refractivity contribution >= 4 is 34.2 Å². The van der Waals surface area contributed by atoms with Crippen molar-refractivity contribution in [3.05, 3.63) is 73.8 Å². The molecule has 3 aromatic rings. The van der Waals surface area contributed by atoms with E-state index in [1.54, 1.807) is 6.08 Å². The normalized spacial score (nSPS) is 14.8. The Labute approximate surface area is 207 Å². The van der Waals surface area contributed by atoms with Gasteiger partial charge in [-0.15, -0.1) is 0 Å². The van der Waals surface area contributed by atoms with Gasteiger partial charge in [-0.25, -0.2) is 14.8 Å². The van der Waals surface area contributed by atoms with Crippen molar-refractivity contribution in [2.75, 3.05) is 18.4 Å². The number of nitro groups is 1. The number of anilines is 1. The molecule has 1 atom stereocenters. The van der Waals surface area contributed by atoms with Gasteiger partial charge in [0.15, 0.2) is 0 Å². The third-order valence-corrected chi connectivity index (χ3v) is 6.10. The first-order valence-corrected chi connectivity index (χ1v) is 11.0. The molecule has 1 aliphatic rings. The maximum absolute atomic E-state index is 13.3. The van der Waals surface area contributed by atoms with E-state index in [2.05, 4.69) is 15.3 Å². The zero-order valence-electron chi connectivity index (χ0n) is 19.6. The van der Waals surface area contributed by atoms with Crippen LogP contribution in [0.25, 0.3) is 16.6 Å². The van der Waals surface area contributed by atoms with E-state index in [9.17, 15) is 38.0 Å². The fraction of sp³-hybridized carbons (Fsp3) is 0.304. The maximum atomic E-state index is 13.3. The van der Waals surface area contributed by atoms with Gasteiger partial charge in [-0.1, -0.05) is 6.08 Å². The Morgan fingerprint density at radius 3 is 2.62 bits per heavy atom. The Balaban J connectivity index is 1.78. The van der Waals surface area contributed by atoms with Crippen LogP contribution in [0.4, 0.5) is 29.5 Å². The molecule has 1 aliphatic heterocycles. The zero-order chi connectivity index (χ0) is 27.1. The second-order valence-electron chi connectivity index (χ2n) is 8.54. The third kappa shape index (κ3) is 5.08. The highest BCUT2D eigenvalue weighted by Gasteiger charge is 2.33. The number of aromatic nitrogens is 3. The number of alkyl halides is 3. The van der Waals surface area contributed by atoms with Crippen molar-refractivity contribution in [1.29, 1.82) is 0 Å². The lowest BCUT2D eigenvalue weighted by atomic mass is 10.0. The van der Waals surface area contributed by atoms with Gasteiger partial charge in [0.1, 0.15) is 17.8 Å². The van der Waals surface area contributed by atoms with Crippen LogP contribution < -0.4 is 10.9 Å². The molecule has 0 spiro atoms. The number of pyridine rings is 1. The van der Waals surface area contributed by atoms with Crippen LogP contribution in [0.3, 0.4) is 0 Å². The van der Waals surface area contributed by atoms with Crippen molar-refractivity contribution < 1.29 is 28.0 Å². The van der Waals surface area contributed by atoms with Crippen LogP contribution in [-0.4, -0.2) is 48.6 Å². The summed E-state index contributed by atoms with van der Waals surface area (Å²) in [5, 5.41) is 23.9. The number of nitro benzene ring substituents is 1. The standard InChI is InChI=1S/C23H21F3N6O5/c1-12(14-6-15(23(24,25)26)8-16(7-14)32(36)37)29-19-18-9-17(13-4-3-5-31(10-13)22(34)35)21(33)30(2)20(18)28-11-27-19/h4,6-9,11-12H,3,5,10H2,1-2H3,(H,34,35)(H,27,28,29)/t12-/m1/s1. The minimum atomic E-state index is -4.78. The average Bonchev–Trinajstić information content (AvgIpc) is 2.85. The first-order valence-electron chi connectivity index (χ1n) is 11.0. The maximum Gasteiger partial charge on any atom is 0.416 e. The molecule has 0 bridgehead atoms. The number of hydrogen-bond donors (Lipinski definition) is 2. The van der Waals surface area contributed by atoms with Crippen LogP contribution in [0, 0.1) is 10.1 Å². The molecule has 0 saturated carbocycles. The highest BCUT2D eigenvalue weighted by molar-refractivity contribution is 5.90. The number of nitrogens with zero attached hydrogens (tertiary/aromatic N) is 5. The molecule has 0 saturated heterocycles. The zero-order valence-corrected chi connectivity index (χ0v) is 19.6. The summed E-state index contributed by atoms with van der Waals surface area (Å²) in [4.78, 5) is 44.3. The summed E-state index contributed by atoms with van der Waals surface area (Å²) in [6.45, 7) is 1.82. The molecular formula is C23H21F3N6O5. The van der Waals surface area contributed by atoms with Gasteiger partial charge < -0.3 is 15.3 Å². The van der Waals surface area contributed by atoms with E-state index in [4.69, 9.17) is 0 Å². The summed E-state index contributed by atoms with van der Waals surface area (Å²) in [6.07, 6.45) is -2.52. The van der Waals surface area contributed by atoms with E-state index in [1.165, 1.54) is 35.8 Å². The van der Waals surface area contributed by atoms with Crippen molar-refractivity contribution in [3.63, 3.8) is 0 Å². The second kappa shape index (κ2) is 9.52. The minimum absolute atomic E-state index is 0.00502. The first-order chi connectivity index (χ1) is 17.4. The number of aryl methyl sites for hydroxylation is 1. The molecular weight excluding hydrogens is 497 g/mol. The third-order valence-electron chi connectivity index (χ3n) is 6.10. The van der Waals surface area contributed by atoms with Crippen molar-refractivity contribution in [2.24, 2.45) is 7.05 Å². The monoisotopic (exact) mass is 518 g/mol. The number of fused-ring (bicyclic) bond motifs is 1. The van der Waals surface area contributed by atoms with Crippen molar-refractivity contribution in [1.82, 2.24) is 19.4 Å². The minimum Gasteiger partial charge on any atom is -0.465 e. The molecule has 0 unspecified atom stereocenters. The molecule has 0 fully saturated rings. The van der Waals surface area contributed by atoms with E-state index in [1.807, 2.05) is 0 Å². The van der Waals surface area contributed by atoms with Gasteiger partial charge >= 0.3 is 12.3 Å². The van der Waals surface area contributed by atoms with Crippen LogP contribution >= 0.6 is 0 Å². The summed E-state index contributed by atoms with van der Waals surface area (Å²) >= 11 is 0. The molecule has 0 aliphatic carbocycles. The number of rotatable bonds is 5. The van der Waals surface area contributed by atoms with Crippen LogP contribution in [-0.2, 0) is 13.2 Å². The molecule has 0 radical (unpaired) electrons. The van der Waals surface area contributed by atoms with Crippen LogP contribution in [0.2, 0.25) is 0 Å². The van der Waals surface area contributed by atoms with Crippen molar-refractivity contribution in [2.45, 2.75) is 25.6 Å². The van der Waals surface area contributed by atoms with Gasteiger partial charge in [0.25, 0.3) is 11.2 Å². The Bertz CT molecular complexity index is 1500. The van der Waals surface area contributed by atoms with Gasteiger partial charge in [0, 0.05) is 37.8 Å². The number of carboxylic acid groups (broad SMARTS) is 1. The number of nitrogens with one attached hydrogen (secondary N) is 1. The fourth-order valence-corrected chi connectivity index (χ4v) is 4.16. The lowest BCUT2D eigenvalue weighted by molar-refractivity contribution is -0.385. The smallest absolute Gasteiger partial charge is 0.416 e. The molecule has 1 amide bonds. The predicted octanol–water partition coefficient (Wildman–Crippen LogP) is 4.20. The summed E-state index contributed by atoms with van der Waals surface area (Å²) in [5.41, 5.74) is -1.28. The van der Waals surface area contributed by atoms with E-state index in [-0.39, 0.29) is 29.1 Å². The van der Waals surface area contributed by atoms with Crippen molar-refractivity contribution in [3.8, 4) is 0 Å². The van der Waals surface area contributed by atoms with Gasteiger partial charge in [-0.3, -0.25) is 19.5 Å². The quantitative estimate of drug-likeness (QED) is 0.378. The van der Waals surface area contributed by atoms with Gasteiger partial charge in [-0.2, -0.15) is 13.2 Å². The predicted molar refractivity (Wildman–Crippen MR) is 127 cm³/mol. The molecule has 2 N–H and O–H groups in total. The van der Waals surface area contributed by atoms with Gasteiger partial charge in [-0.05, 0) is 36.6 Å².